The molecule has 2 aromatic carbocycles. The maximum Gasteiger partial charge on any atom is 0.355 e. The molecule has 0 saturated carbocycles. The Hall–Kier alpha value is -3.33. The number of halogens is 1. The molecule has 0 N–H and O–H groups in total. The highest BCUT2D eigenvalue weighted by Crippen LogP contribution is 2.38. The molecule has 0 spiro atoms. The van der Waals surface area contributed by atoms with E-state index in [1.165, 1.54) is 0 Å². The number of carbonyl (C=O) groups excluding carboxylic acids is 1. The number of aromatic nitrogens is 3. The first-order valence-corrected chi connectivity index (χ1v) is 16.1. The van der Waals surface area contributed by atoms with E-state index in [9.17, 15) is 4.79 Å². The molecule has 0 fully saturated rings. The van der Waals surface area contributed by atoms with Gasteiger partial charge in [-0.25, -0.2) is 4.79 Å². The third-order valence-corrected chi connectivity index (χ3v) is 8.51. The van der Waals surface area contributed by atoms with Gasteiger partial charge in [0.2, 0.25) is 0 Å². The molecule has 0 radical (unpaired) electrons. The number of benzene rings is 2. The van der Waals surface area contributed by atoms with Gasteiger partial charge in [0.25, 0.3) is 0 Å². The Labute approximate surface area is 272 Å². The first-order valence-electron chi connectivity index (χ1n) is 15.7. The van der Waals surface area contributed by atoms with Gasteiger partial charge in [0.15, 0.2) is 0 Å². The summed E-state index contributed by atoms with van der Waals surface area (Å²) in [7, 11) is 3.63. The quantitative estimate of drug-likeness (QED) is 0.103. The largest absolute Gasteiger partial charge is 0.494 e. The van der Waals surface area contributed by atoms with Crippen molar-refractivity contribution >= 4 is 28.5 Å². The molecule has 45 heavy (non-hydrogen) atoms. The van der Waals surface area contributed by atoms with Crippen molar-refractivity contribution in [3.8, 4) is 16.9 Å². The Balaban J connectivity index is 1.78. The summed E-state index contributed by atoms with van der Waals surface area (Å²) in [6, 6.07) is 10.2. The lowest BCUT2D eigenvalue weighted by atomic mass is 9.98. The predicted molar refractivity (Wildman–Crippen MR) is 181 cm³/mol. The fourth-order valence-electron chi connectivity index (χ4n) is 5.88. The fraction of sp³-hybridized carbons (Fsp3) is 0.500. The van der Waals surface area contributed by atoms with Gasteiger partial charge in [-0.3, -0.25) is 4.68 Å². The van der Waals surface area contributed by atoms with Gasteiger partial charge >= 0.3 is 5.97 Å². The van der Waals surface area contributed by atoms with Crippen LogP contribution in [-0.4, -0.2) is 59.5 Å². The molecule has 0 bridgehead atoms. The highest BCUT2D eigenvalue weighted by atomic mass is 35.5. The first kappa shape index (κ1) is 34.5. The Kier molecular flexibility index (Phi) is 11.4. The van der Waals surface area contributed by atoms with Crippen LogP contribution in [0.1, 0.15) is 72.2 Å². The van der Waals surface area contributed by atoms with E-state index < -0.39 is 5.60 Å². The number of ether oxygens (including phenoxy) is 4. The van der Waals surface area contributed by atoms with Crippen LogP contribution >= 0.6 is 11.6 Å². The maximum absolute atomic E-state index is 14.0. The Bertz CT molecular complexity index is 1620. The number of rotatable bonds is 14. The number of esters is 1. The molecule has 244 valence electrons. The van der Waals surface area contributed by atoms with Crippen molar-refractivity contribution in [2.75, 3.05) is 33.5 Å². The van der Waals surface area contributed by atoms with E-state index in [2.05, 4.69) is 29.7 Å². The molecule has 0 unspecified atom stereocenters. The van der Waals surface area contributed by atoms with Gasteiger partial charge < -0.3 is 23.5 Å². The van der Waals surface area contributed by atoms with Crippen molar-refractivity contribution in [1.29, 1.82) is 0 Å². The fourth-order valence-corrected chi connectivity index (χ4v) is 5.99. The highest BCUT2D eigenvalue weighted by molar-refractivity contribution is 6.32. The summed E-state index contributed by atoms with van der Waals surface area (Å²) in [5, 5.41) is 6.50. The minimum absolute atomic E-state index is 0.329. The molecule has 2 aromatic heterocycles. The molecule has 0 atom stereocenters. The third-order valence-electron chi connectivity index (χ3n) is 7.91. The molecule has 0 aliphatic carbocycles. The predicted octanol–water partition coefficient (Wildman–Crippen LogP) is 7.95. The van der Waals surface area contributed by atoms with E-state index in [-0.39, 0.29) is 5.97 Å². The summed E-state index contributed by atoms with van der Waals surface area (Å²) in [5.41, 5.74) is 8.03. The number of nitrogens with zero attached hydrogens (tertiary/aromatic N) is 3. The number of hydrogen-bond acceptors (Lipinski definition) is 6. The lowest BCUT2D eigenvalue weighted by Crippen LogP contribution is -2.26. The molecular weight excluding hydrogens is 590 g/mol. The van der Waals surface area contributed by atoms with Crippen LogP contribution in [0.25, 0.3) is 22.0 Å². The molecule has 0 aliphatic heterocycles. The van der Waals surface area contributed by atoms with Gasteiger partial charge in [0.1, 0.15) is 17.0 Å². The molecule has 8 nitrogen and oxygen atoms in total. The smallest absolute Gasteiger partial charge is 0.355 e. The number of carbonyl (C=O) groups is 1. The van der Waals surface area contributed by atoms with Crippen LogP contribution < -0.4 is 4.74 Å². The van der Waals surface area contributed by atoms with Crippen molar-refractivity contribution in [3.05, 3.63) is 69.1 Å². The van der Waals surface area contributed by atoms with Crippen molar-refractivity contribution < 1.29 is 23.7 Å². The SMILES string of the molecule is COCCOCCCn1c(C(=O)OC(C)(C)C)c(CCCOc2cc(C)c(Cl)c(C)c2)c2cccc(-c3c(C)nn(C)c3C)c21. The highest BCUT2D eigenvalue weighted by Gasteiger charge is 2.29. The van der Waals surface area contributed by atoms with Crippen LogP contribution in [0, 0.1) is 27.7 Å². The van der Waals surface area contributed by atoms with Gasteiger partial charge in [-0.2, -0.15) is 5.10 Å². The second kappa shape index (κ2) is 14.8. The van der Waals surface area contributed by atoms with Crippen molar-refractivity contribution in [2.24, 2.45) is 7.05 Å². The molecule has 4 aromatic rings. The summed E-state index contributed by atoms with van der Waals surface area (Å²) >= 11 is 6.37. The monoisotopic (exact) mass is 637 g/mol. The summed E-state index contributed by atoms with van der Waals surface area (Å²) in [6.45, 7) is 16.5. The Morgan fingerprint density at radius 2 is 1.69 bits per heavy atom. The van der Waals surface area contributed by atoms with E-state index in [1.807, 2.05) is 65.4 Å². The molecule has 0 saturated heterocycles. The zero-order valence-electron chi connectivity index (χ0n) is 28.3. The average Bonchev–Trinajstić information content (AvgIpc) is 3.42. The van der Waals surface area contributed by atoms with Gasteiger partial charge in [-0.1, -0.05) is 29.8 Å². The third kappa shape index (κ3) is 8.10. The number of methoxy groups -OCH3 is 1. The second-order valence-corrected chi connectivity index (χ2v) is 13.0. The lowest BCUT2D eigenvalue weighted by Gasteiger charge is -2.21. The molecule has 4 rings (SSSR count). The maximum atomic E-state index is 14.0. The molecule has 0 aliphatic rings. The van der Waals surface area contributed by atoms with Crippen molar-refractivity contribution in [1.82, 2.24) is 14.3 Å². The molecule has 2 heterocycles. The zero-order valence-corrected chi connectivity index (χ0v) is 29.1. The number of para-hydroxylation sites is 1. The lowest BCUT2D eigenvalue weighted by molar-refractivity contribution is 0.00557. The van der Waals surface area contributed by atoms with Crippen LogP contribution in [-0.2, 0) is 34.2 Å². The van der Waals surface area contributed by atoms with E-state index in [0.29, 0.717) is 51.5 Å². The van der Waals surface area contributed by atoms with Crippen LogP contribution in [0.15, 0.2) is 30.3 Å². The van der Waals surface area contributed by atoms with Gasteiger partial charge in [-0.05, 0) is 96.6 Å². The molecule has 0 amide bonds. The summed E-state index contributed by atoms with van der Waals surface area (Å²) in [4.78, 5) is 14.0. The van der Waals surface area contributed by atoms with Crippen molar-refractivity contribution in [2.45, 2.75) is 79.9 Å². The Morgan fingerprint density at radius 3 is 2.31 bits per heavy atom. The van der Waals surface area contributed by atoms with Crippen molar-refractivity contribution in [3.63, 3.8) is 0 Å². The number of hydrogen-bond donors (Lipinski definition) is 0. The first-order chi connectivity index (χ1) is 21.3. The molecular formula is C36H48ClN3O5. The average molecular weight is 638 g/mol. The zero-order chi connectivity index (χ0) is 32.9. The van der Waals surface area contributed by atoms with E-state index in [4.69, 9.17) is 35.6 Å². The van der Waals surface area contributed by atoms with E-state index in [0.717, 1.165) is 67.3 Å². The van der Waals surface area contributed by atoms with Gasteiger partial charge in [0, 0.05) is 54.5 Å². The standard InChI is InChI=1S/C36H48ClN3O5/c1-23-21-27(22-24(2)32(23)37)44-18-11-15-29-28-13-10-14-30(31-25(3)38-39(8)26(31)4)33(28)40(16-12-17-43-20-19-42-9)34(29)35(41)45-36(5,6)7/h10,13-14,21-22H,11-12,15-20H2,1-9H3. The molecule has 9 heteroatoms. The summed E-state index contributed by atoms with van der Waals surface area (Å²) in [6.07, 6.45) is 2.08. The minimum atomic E-state index is -0.647. The van der Waals surface area contributed by atoms with Crippen LogP contribution in [0.5, 0.6) is 5.75 Å². The normalized spacial score (nSPS) is 11.9. The minimum Gasteiger partial charge on any atom is -0.494 e. The van der Waals surface area contributed by atoms with Gasteiger partial charge in [-0.15, -0.1) is 0 Å². The summed E-state index contributed by atoms with van der Waals surface area (Å²) < 4.78 is 27.2. The Morgan fingerprint density at radius 1 is 0.978 bits per heavy atom. The van der Waals surface area contributed by atoms with Gasteiger partial charge in [0.05, 0.1) is 31.0 Å². The van der Waals surface area contributed by atoms with Crippen LogP contribution in [0.2, 0.25) is 5.02 Å². The summed E-state index contributed by atoms with van der Waals surface area (Å²) in [5.74, 6) is 0.465. The second-order valence-electron chi connectivity index (χ2n) is 12.6. The number of aryl methyl sites for hydroxylation is 6. The van der Waals surface area contributed by atoms with Crippen LogP contribution in [0.3, 0.4) is 0 Å². The van der Waals surface area contributed by atoms with E-state index in [1.54, 1.807) is 7.11 Å². The number of fused-ring (bicyclic) bond motifs is 1. The van der Waals surface area contributed by atoms with Crippen LogP contribution in [0.4, 0.5) is 0 Å². The topological polar surface area (TPSA) is 76.7 Å². The van der Waals surface area contributed by atoms with E-state index >= 15 is 0 Å².